The van der Waals surface area contributed by atoms with Gasteiger partial charge in [-0.05, 0) is 13.0 Å². The molecule has 2 aliphatic rings. The minimum atomic E-state index is -3.74. The zero-order valence-electron chi connectivity index (χ0n) is 11.8. The number of amides is 1. The number of nitrogens with one attached hydrogen (secondary N) is 1. The largest absolute Gasteiger partial charge is 0.482 e. The van der Waals surface area contributed by atoms with Crippen LogP contribution in [0, 0.1) is 0 Å². The molecule has 120 valence electrons. The average Bonchev–Trinajstić information content (AvgIpc) is 2.46. The zero-order valence-corrected chi connectivity index (χ0v) is 13.4. The molecule has 0 radical (unpaired) electrons. The number of anilines is 1. The molecule has 0 spiro atoms. The molecule has 1 atom stereocenters. The molecule has 0 saturated carbocycles. The predicted molar refractivity (Wildman–Crippen MR) is 79.7 cm³/mol. The third-order valence-electron chi connectivity index (χ3n) is 3.49. The molecule has 2 heterocycles. The van der Waals surface area contributed by atoms with Crippen LogP contribution in [0.3, 0.4) is 0 Å². The molecule has 22 heavy (non-hydrogen) atoms. The topological polar surface area (TPSA) is 84.9 Å². The summed E-state index contributed by atoms with van der Waals surface area (Å²) in [6.45, 7) is 2.55. The van der Waals surface area contributed by atoms with Crippen LogP contribution in [0.5, 0.6) is 5.75 Å². The van der Waals surface area contributed by atoms with Crippen LogP contribution in [0.25, 0.3) is 0 Å². The summed E-state index contributed by atoms with van der Waals surface area (Å²) < 4.78 is 37.5. The Bertz CT molecular complexity index is 721. The molecule has 0 bridgehead atoms. The van der Waals surface area contributed by atoms with Gasteiger partial charge in [-0.25, -0.2) is 8.42 Å². The number of hydrogen-bond donors (Lipinski definition) is 1. The maximum Gasteiger partial charge on any atom is 0.262 e. The highest BCUT2D eigenvalue weighted by molar-refractivity contribution is 7.89. The smallest absolute Gasteiger partial charge is 0.262 e. The van der Waals surface area contributed by atoms with Gasteiger partial charge in [0.25, 0.3) is 5.91 Å². The quantitative estimate of drug-likeness (QED) is 0.866. The predicted octanol–water partition coefficient (Wildman–Crippen LogP) is 1.08. The summed E-state index contributed by atoms with van der Waals surface area (Å²) in [6.07, 6.45) is -0.171. The highest BCUT2D eigenvalue weighted by Crippen LogP contribution is 2.37. The monoisotopic (exact) mass is 346 g/mol. The lowest BCUT2D eigenvalue weighted by Crippen LogP contribution is -2.44. The van der Waals surface area contributed by atoms with E-state index < -0.39 is 10.0 Å². The maximum absolute atomic E-state index is 12.7. The summed E-state index contributed by atoms with van der Waals surface area (Å²) in [5.74, 6) is -0.00920. The average molecular weight is 347 g/mol. The van der Waals surface area contributed by atoms with E-state index in [1.165, 1.54) is 16.4 Å². The van der Waals surface area contributed by atoms with E-state index in [0.29, 0.717) is 18.0 Å². The van der Waals surface area contributed by atoms with Gasteiger partial charge < -0.3 is 14.8 Å². The van der Waals surface area contributed by atoms with Gasteiger partial charge in [-0.1, -0.05) is 11.6 Å². The van der Waals surface area contributed by atoms with Crippen molar-refractivity contribution < 1.29 is 22.7 Å². The molecule has 0 aromatic heterocycles. The first-order valence-electron chi connectivity index (χ1n) is 6.76. The van der Waals surface area contributed by atoms with E-state index in [-0.39, 0.29) is 41.6 Å². The highest BCUT2D eigenvalue weighted by atomic mass is 35.5. The Morgan fingerprint density at radius 3 is 2.91 bits per heavy atom. The van der Waals surface area contributed by atoms with Crippen molar-refractivity contribution in [3.8, 4) is 5.75 Å². The van der Waals surface area contributed by atoms with Crippen LogP contribution in [-0.2, 0) is 19.6 Å². The number of morpholine rings is 1. The SMILES string of the molecule is CC1CN(S(=O)(=O)c2cc3c(cc2Cl)NC(=O)CO3)CCO1. The fourth-order valence-electron chi connectivity index (χ4n) is 2.42. The second-order valence-corrected chi connectivity index (χ2v) is 7.47. The van der Waals surface area contributed by atoms with E-state index in [0.717, 1.165) is 0 Å². The van der Waals surface area contributed by atoms with Crippen molar-refractivity contribution >= 4 is 33.2 Å². The molecular weight excluding hydrogens is 332 g/mol. The second-order valence-electron chi connectivity index (χ2n) is 5.16. The van der Waals surface area contributed by atoms with Crippen LogP contribution in [0.15, 0.2) is 17.0 Å². The normalized spacial score (nSPS) is 22.6. The van der Waals surface area contributed by atoms with E-state index in [9.17, 15) is 13.2 Å². The van der Waals surface area contributed by atoms with Gasteiger partial charge in [-0.3, -0.25) is 4.79 Å². The summed E-state index contributed by atoms with van der Waals surface area (Å²) in [6, 6.07) is 2.75. The highest BCUT2D eigenvalue weighted by Gasteiger charge is 2.32. The van der Waals surface area contributed by atoms with E-state index >= 15 is 0 Å². The molecular formula is C13H15ClN2O5S. The molecule has 1 unspecified atom stereocenters. The molecule has 7 nitrogen and oxygen atoms in total. The van der Waals surface area contributed by atoms with Crippen LogP contribution in [0.1, 0.15) is 6.92 Å². The molecule has 1 fully saturated rings. The third-order valence-corrected chi connectivity index (χ3v) is 5.82. The van der Waals surface area contributed by atoms with E-state index in [1.54, 1.807) is 0 Å². The maximum atomic E-state index is 12.7. The lowest BCUT2D eigenvalue weighted by atomic mass is 10.2. The Kier molecular flexibility index (Phi) is 4.02. The van der Waals surface area contributed by atoms with Crippen molar-refractivity contribution in [3.05, 3.63) is 17.2 Å². The Morgan fingerprint density at radius 2 is 2.18 bits per heavy atom. The number of hydrogen-bond acceptors (Lipinski definition) is 5. The summed E-state index contributed by atoms with van der Waals surface area (Å²) in [7, 11) is -3.74. The summed E-state index contributed by atoms with van der Waals surface area (Å²) in [4.78, 5) is 11.3. The number of ether oxygens (including phenoxy) is 2. The summed E-state index contributed by atoms with van der Waals surface area (Å²) in [5.41, 5.74) is 0.371. The lowest BCUT2D eigenvalue weighted by molar-refractivity contribution is -0.118. The molecule has 1 aromatic carbocycles. The molecule has 0 aliphatic carbocycles. The van der Waals surface area contributed by atoms with Crippen LogP contribution in [-0.4, -0.2) is 51.0 Å². The fraction of sp³-hybridized carbons (Fsp3) is 0.462. The first-order chi connectivity index (χ1) is 10.4. The van der Waals surface area contributed by atoms with Crippen LogP contribution in [0.2, 0.25) is 5.02 Å². The first-order valence-corrected chi connectivity index (χ1v) is 8.57. The van der Waals surface area contributed by atoms with E-state index in [1.807, 2.05) is 6.92 Å². The number of carbonyl (C=O) groups excluding carboxylic acids is 1. The summed E-state index contributed by atoms with van der Waals surface area (Å²) in [5, 5.41) is 2.63. The molecule has 3 rings (SSSR count). The number of benzene rings is 1. The number of fused-ring (bicyclic) bond motifs is 1. The molecule has 9 heteroatoms. The lowest BCUT2D eigenvalue weighted by Gasteiger charge is -2.31. The Balaban J connectivity index is 1.98. The number of sulfonamides is 1. The standard InChI is InChI=1S/C13H15ClN2O5S/c1-8-6-16(2-3-20-8)22(18,19)12-5-11-10(4-9(12)14)15-13(17)7-21-11/h4-5,8H,2-3,6-7H2,1H3,(H,15,17). The first kappa shape index (κ1) is 15.5. The number of rotatable bonds is 2. The van der Waals surface area contributed by atoms with Gasteiger partial charge in [0.05, 0.1) is 23.4 Å². The Labute approximate surface area is 133 Å². The van der Waals surface area contributed by atoms with Crippen molar-refractivity contribution in [1.82, 2.24) is 4.31 Å². The van der Waals surface area contributed by atoms with E-state index in [4.69, 9.17) is 21.1 Å². The fourth-order valence-corrected chi connectivity index (χ4v) is 4.44. The van der Waals surface area contributed by atoms with Gasteiger partial charge >= 0.3 is 0 Å². The Morgan fingerprint density at radius 1 is 1.41 bits per heavy atom. The second kappa shape index (κ2) is 5.69. The zero-order chi connectivity index (χ0) is 15.9. The van der Waals surface area contributed by atoms with Gasteiger partial charge in [0.15, 0.2) is 6.61 Å². The molecule has 1 amide bonds. The van der Waals surface area contributed by atoms with Crippen LogP contribution >= 0.6 is 11.6 Å². The molecule has 1 N–H and O–H groups in total. The van der Waals surface area contributed by atoms with Gasteiger partial charge in [-0.2, -0.15) is 4.31 Å². The number of nitrogens with zero attached hydrogens (tertiary/aromatic N) is 1. The Hall–Kier alpha value is -1.35. The van der Waals surface area contributed by atoms with Crippen molar-refractivity contribution in [1.29, 1.82) is 0 Å². The van der Waals surface area contributed by atoms with Gasteiger partial charge in [0, 0.05) is 19.2 Å². The van der Waals surface area contributed by atoms with E-state index in [2.05, 4.69) is 5.32 Å². The van der Waals surface area contributed by atoms with Crippen molar-refractivity contribution in [2.24, 2.45) is 0 Å². The summed E-state index contributed by atoms with van der Waals surface area (Å²) >= 11 is 6.11. The van der Waals surface area contributed by atoms with Gasteiger partial charge in [-0.15, -0.1) is 0 Å². The van der Waals surface area contributed by atoms with Gasteiger partial charge in [0.1, 0.15) is 10.6 Å². The minimum Gasteiger partial charge on any atom is -0.482 e. The van der Waals surface area contributed by atoms with Crippen molar-refractivity contribution in [3.63, 3.8) is 0 Å². The van der Waals surface area contributed by atoms with Crippen LogP contribution in [0.4, 0.5) is 5.69 Å². The number of carbonyl (C=O) groups is 1. The molecule has 2 aliphatic heterocycles. The number of halogens is 1. The molecule has 1 saturated heterocycles. The minimum absolute atomic E-state index is 0.0295. The van der Waals surface area contributed by atoms with Crippen molar-refractivity contribution in [2.45, 2.75) is 17.9 Å². The van der Waals surface area contributed by atoms with Crippen LogP contribution < -0.4 is 10.1 Å². The van der Waals surface area contributed by atoms with Crippen molar-refractivity contribution in [2.75, 3.05) is 31.6 Å². The van der Waals surface area contributed by atoms with Gasteiger partial charge in [0.2, 0.25) is 10.0 Å². The molecule has 1 aromatic rings. The third kappa shape index (κ3) is 2.79.